The maximum Gasteiger partial charge on any atom is 0.390 e. The highest BCUT2D eigenvalue weighted by atomic mass is 35.5. The summed E-state index contributed by atoms with van der Waals surface area (Å²) in [5.74, 6) is -0.779. The molecular weight excluding hydrogens is 381 g/mol. The average molecular weight is 401 g/mol. The van der Waals surface area contributed by atoms with Crippen molar-refractivity contribution in [1.29, 1.82) is 0 Å². The van der Waals surface area contributed by atoms with Gasteiger partial charge in [0, 0.05) is 26.7 Å². The average Bonchev–Trinajstić information content (AvgIpc) is 2.50. The maximum atomic E-state index is 12.5. The van der Waals surface area contributed by atoms with Crippen molar-refractivity contribution in [2.45, 2.75) is 37.4 Å². The molecule has 0 heterocycles. The minimum Gasteiger partial charge on any atom is -0.341 e. The van der Waals surface area contributed by atoms with Crippen molar-refractivity contribution in [3.8, 4) is 0 Å². The number of sulfonamides is 1. The summed E-state index contributed by atoms with van der Waals surface area (Å²) in [7, 11) is -1.25. The van der Waals surface area contributed by atoms with Gasteiger partial charge in [-0.15, -0.1) is 0 Å². The molecule has 0 radical (unpaired) electrons. The first-order valence-corrected chi connectivity index (χ1v) is 9.19. The predicted molar refractivity (Wildman–Crippen MR) is 89.2 cm³/mol. The van der Waals surface area contributed by atoms with Crippen LogP contribution in [0.1, 0.15) is 30.6 Å². The number of carbonyl (C=O) groups is 1. The van der Waals surface area contributed by atoms with Gasteiger partial charge in [-0.3, -0.25) is 4.79 Å². The molecule has 1 rings (SSSR count). The summed E-state index contributed by atoms with van der Waals surface area (Å²) in [5.41, 5.74) is -0.162. The standard InChI is InChI=1S/C15H20ClF3N2O3S/c1-10(2)21(4)25(23,24)11-5-6-13(16)12(9-11)14(22)20(3)8-7-15(17,18)19/h5-6,9-10H,7-8H2,1-4H3. The van der Waals surface area contributed by atoms with Gasteiger partial charge >= 0.3 is 6.18 Å². The summed E-state index contributed by atoms with van der Waals surface area (Å²) >= 11 is 5.94. The van der Waals surface area contributed by atoms with Crippen LogP contribution in [-0.4, -0.2) is 56.4 Å². The molecule has 142 valence electrons. The minimum atomic E-state index is -4.40. The van der Waals surface area contributed by atoms with Gasteiger partial charge in [0.1, 0.15) is 0 Å². The third-order valence-electron chi connectivity index (χ3n) is 3.65. The summed E-state index contributed by atoms with van der Waals surface area (Å²) in [5, 5.41) is -0.0324. The Morgan fingerprint density at radius 1 is 1.24 bits per heavy atom. The van der Waals surface area contributed by atoms with Crippen LogP contribution >= 0.6 is 11.6 Å². The lowest BCUT2D eigenvalue weighted by Gasteiger charge is -2.22. The van der Waals surface area contributed by atoms with Crippen molar-refractivity contribution < 1.29 is 26.4 Å². The number of rotatable bonds is 6. The van der Waals surface area contributed by atoms with Crippen molar-refractivity contribution in [3.63, 3.8) is 0 Å². The van der Waals surface area contributed by atoms with Crippen LogP contribution in [0.3, 0.4) is 0 Å². The normalized spacial score (nSPS) is 12.7. The molecule has 0 N–H and O–H groups in total. The van der Waals surface area contributed by atoms with Gasteiger partial charge in [0.25, 0.3) is 5.91 Å². The van der Waals surface area contributed by atoms with E-state index >= 15 is 0 Å². The Bertz CT molecular complexity index is 736. The summed E-state index contributed by atoms with van der Waals surface area (Å²) < 4.78 is 63.0. The Hall–Kier alpha value is -1.32. The number of carbonyl (C=O) groups excluding carboxylic acids is 1. The lowest BCUT2D eigenvalue weighted by atomic mass is 10.2. The molecule has 0 fully saturated rings. The highest BCUT2D eigenvalue weighted by Gasteiger charge is 2.29. The van der Waals surface area contributed by atoms with Crippen molar-refractivity contribution in [2.24, 2.45) is 0 Å². The number of hydrogen-bond acceptors (Lipinski definition) is 3. The molecule has 0 aliphatic carbocycles. The van der Waals surface area contributed by atoms with E-state index < -0.39 is 35.1 Å². The van der Waals surface area contributed by atoms with Crippen molar-refractivity contribution >= 4 is 27.5 Å². The van der Waals surface area contributed by atoms with Crippen LogP contribution in [0.25, 0.3) is 0 Å². The molecule has 0 unspecified atom stereocenters. The van der Waals surface area contributed by atoms with E-state index in [2.05, 4.69) is 0 Å². The Morgan fingerprint density at radius 2 is 1.80 bits per heavy atom. The van der Waals surface area contributed by atoms with Crippen LogP contribution in [0.15, 0.2) is 23.1 Å². The first-order valence-electron chi connectivity index (χ1n) is 7.37. The van der Waals surface area contributed by atoms with Crippen LogP contribution < -0.4 is 0 Å². The minimum absolute atomic E-state index is 0.0324. The van der Waals surface area contributed by atoms with E-state index in [1.807, 2.05) is 0 Å². The zero-order chi connectivity index (χ0) is 19.6. The van der Waals surface area contributed by atoms with Crippen LogP contribution in [0, 0.1) is 0 Å². The fourth-order valence-electron chi connectivity index (χ4n) is 1.87. The number of benzene rings is 1. The zero-order valence-corrected chi connectivity index (χ0v) is 15.8. The lowest BCUT2D eigenvalue weighted by Crippen LogP contribution is -2.33. The molecule has 0 bridgehead atoms. The fourth-order valence-corrected chi connectivity index (χ4v) is 3.47. The molecule has 1 aromatic rings. The SMILES string of the molecule is CC(C)N(C)S(=O)(=O)c1ccc(Cl)c(C(=O)N(C)CCC(F)(F)F)c1. The van der Waals surface area contributed by atoms with Crippen molar-refractivity contribution in [2.75, 3.05) is 20.6 Å². The molecule has 10 heteroatoms. The van der Waals surface area contributed by atoms with Crippen molar-refractivity contribution in [1.82, 2.24) is 9.21 Å². The summed E-state index contributed by atoms with van der Waals surface area (Å²) in [6.45, 7) is 2.82. The number of halogens is 4. The quantitative estimate of drug-likeness (QED) is 0.735. The second-order valence-electron chi connectivity index (χ2n) is 5.85. The first kappa shape index (κ1) is 21.7. The Labute approximate surface area is 150 Å². The van der Waals surface area contributed by atoms with Crippen LogP contribution in [0.4, 0.5) is 13.2 Å². The van der Waals surface area contributed by atoms with Gasteiger partial charge in [-0.05, 0) is 32.0 Å². The number of amides is 1. The monoisotopic (exact) mass is 400 g/mol. The van der Waals surface area contributed by atoms with E-state index in [1.54, 1.807) is 13.8 Å². The van der Waals surface area contributed by atoms with Gasteiger partial charge < -0.3 is 4.90 Å². The van der Waals surface area contributed by atoms with E-state index in [9.17, 15) is 26.4 Å². The van der Waals surface area contributed by atoms with Gasteiger partial charge in [-0.25, -0.2) is 8.42 Å². The highest BCUT2D eigenvalue weighted by molar-refractivity contribution is 7.89. The zero-order valence-electron chi connectivity index (χ0n) is 14.3. The summed E-state index contributed by atoms with van der Waals surface area (Å²) in [4.78, 5) is 13.0. The first-order chi connectivity index (χ1) is 11.3. The van der Waals surface area contributed by atoms with Crippen LogP contribution in [-0.2, 0) is 10.0 Å². The van der Waals surface area contributed by atoms with E-state index in [4.69, 9.17) is 11.6 Å². The topological polar surface area (TPSA) is 57.7 Å². The molecule has 0 atom stereocenters. The van der Waals surface area contributed by atoms with E-state index in [0.29, 0.717) is 0 Å². The molecule has 0 spiro atoms. The number of hydrogen-bond donors (Lipinski definition) is 0. The molecule has 0 saturated heterocycles. The molecule has 0 aliphatic heterocycles. The molecule has 25 heavy (non-hydrogen) atoms. The van der Waals surface area contributed by atoms with Crippen LogP contribution in [0.2, 0.25) is 5.02 Å². The van der Waals surface area contributed by atoms with Gasteiger partial charge in [0.05, 0.1) is 21.9 Å². The molecule has 1 amide bonds. The van der Waals surface area contributed by atoms with Gasteiger partial charge in [0.15, 0.2) is 0 Å². The van der Waals surface area contributed by atoms with Crippen LogP contribution in [0.5, 0.6) is 0 Å². The summed E-state index contributed by atoms with van der Waals surface area (Å²) in [6.07, 6.45) is -5.57. The Morgan fingerprint density at radius 3 is 2.28 bits per heavy atom. The highest BCUT2D eigenvalue weighted by Crippen LogP contribution is 2.25. The number of nitrogens with zero attached hydrogens (tertiary/aromatic N) is 2. The molecule has 0 aliphatic rings. The van der Waals surface area contributed by atoms with E-state index in [1.165, 1.54) is 26.2 Å². The Kier molecular flexibility index (Phi) is 6.88. The molecule has 1 aromatic carbocycles. The van der Waals surface area contributed by atoms with Gasteiger partial charge in [0.2, 0.25) is 10.0 Å². The molecule has 5 nitrogen and oxygen atoms in total. The second-order valence-corrected chi connectivity index (χ2v) is 8.25. The lowest BCUT2D eigenvalue weighted by molar-refractivity contribution is -0.136. The second kappa shape index (κ2) is 7.92. The third kappa shape index (κ3) is 5.58. The molecule has 0 aromatic heterocycles. The van der Waals surface area contributed by atoms with Gasteiger partial charge in [-0.2, -0.15) is 17.5 Å². The summed E-state index contributed by atoms with van der Waals surface area (Å²) in [6, 6.07) is 3.27. The number of alkyl halides is 3. The fraction of sp³-hybridized carbons (Fsp3) is 0.533. The van der Waals surface area contributed by atoms with Gasteiger partial charge in [-0.1, -0.05) is 11.6 Å². The Balaban J connectivity index is 3.15. The largest absolute Gasteiger partial charge is 0.390 e. The van der Waals surface area contributed by atoms with Crippen molar-refractivity contribution in [3.05, 3.63) is 28.8 Å². The molecule has 0 saturated carbocycles. The smallest absolute Gasteiger partial charge is 0.341 e. The van der Waals surface area contributed by atoms with E-state index in [0.717, 1.165) is 15.3 Å². The van der Waals surface area contributed by atoms with E-state index in [-0.39, 0.29) is 21.5 Å². The predicted octanol–water partition coefficient (Wildman–Crippen LogP) is 3.39. The molecular formula is C15H20ClF3N2O3S. The maximum absolute atomic E-state index is 12.5. The third-order valence-corrected chi connectivity index (χ3v) is 6.01.